The molecule has 0 saturated heterocycles. The van der Waals surface area contributed by atoms with Gasteiger partial charge in [0, 0.05) is 53.8 Å². The van der Waals surface area contributed by atoms with Crippen molar-refractivity contribution in [1.29, 1.82) is 0 Å². The second-order valence-electron chi connectivity index (χ2n) is 7.59. The highest BCUT2D eigenvalue weighted by Crippen LogP contribution is 2.40. The zero-order chi connectivity index (χ0) is 25.1. The predicted molar refractivity (Wildman–Crippen MR) is 133 cm³/mol. The number of aromatic nitrogens is 1. The van der Waals surface area contributed by atoms with Gasteiger partial charge in [-0.05, 0) is 43.3 Å². The number of benzene rings is 2. The van der Waals surface area contributed by atoms with Crippen molar-refractivity contribution in [2.45, 2.75) is 13.8 Å². The van der Waals surface area contributed by atoms with E-state index in [1.807, 2.05) is 6.92 Å². The van der Waals surface area contributed by atoms with Gasteiger partial charge in [0.2, 0.25) is 5.58 Å². The minimum atomic E-state index is -0.855. The lowest BCUT2D eigenvalue weighted by molar-refractivity contribution is 0.0930. The fourth-order valence-corrected chi connectivity index (χ4v) is 3.97. The van der Waals surface area contributed by atoms with Gasteiger partial charge in [0.25, 0.3) is 11.5 Å². The lowest BCUT2D eigenvalue weighted by atomic mass is 10.0. The molecule has 4 aromatic rings. The first-order chi connectivity index (χ1) is 16.8. The van der Waals surface area contributed by atoms with Crippen molar-refractivity contribution in [2.75, 3.05) is 17.0 Å². The number of rotatable bonds is 8. The Morgan fingerprint density at radius 2 is 1.86 bits per heavy atom. The number of furan rings is 1. The maximum atomic E-state index is 14.4. The molecule has 35 heavy (non-hydrogen) atoms. The van der Waals surface area contributed by atoms with E-state index in [1.165, 1.54) is 28.6 Å². The zero-order valence-electron chi connectivity index (χ0n) is 19.3. The Kier molecular flexibility index (Phi) is 7.11. The molecular formula is C25H23F2N3O4S. The van der Waals surface area contributed by atoms with Crippen molar-refractivity contribution < 1.29 is 22.7 Å². The molecule has 10 heteroatoms. The van der Waals surface area contributed by atoms with E-state index in [4.69, 9.17) is 9.15 Å². The summed E-state index contributed by atoms with van der Waals surface area (Å²) in [5.41, 5.74) is 1.38. The van der Waals surface area contributed by atoms with Crippen LogP contribution in [0.5, 0.6) is 11.5 Å². The maximum absolute atomic E-state index is 14.4. The van der Waals surface area contributed by atoms with E-state index in [9.17, 15) is 18.4 Å². The zero-order valence-corrected chi connectivity index (χ0v) is 20.1. The molecule has 0 bridgehead atoms. The van der Waals surface area contributed by atoms with Gasteiger partial charge < -0.3 is 23.8 Å². The average Bonchev–Trinajstić information content (AvgIpc) is 3.29. The molecule has 0 unspecified atom stereocenters. The number of ether oxygens (including phenoxy) is 1. The number of carbonyl (C=O) groups excluding carboxylic acids is 1. The van der Waals surface area contributed by atoms with Crippen molar-refractivity contribution in [3.8, 4) is 22.6 Å². The summed E-state index contributed by atoms with van der Waals surface area (Å²) in [6.07, 6.45) is 1.60. The number of hydrogen-bond acceptors (Lipinski definition) is 6. The molecule has 0 radical (unpaired) electrons. The number of amides is 1. The van der Waals surface area contributed by atoms with Crippen LogP contribution in [-0.2, 0) is 7.05 Å². The van der Waals surface area contributed by atoms with Crippen molar-refractivity contribution in [3.63, 3.8) is 0 Å². The van der Waals surface area contributed by atoms with Gasteiger partial charge in [-0.2, -0.15) is 0 Å². The van der Waals surface area contributed by atoms with Crippen molar-refractivity contribution in [1.82, 2.24) is 9.88 Å². The molecule has 2 heterocycles. The second-order valence-corrected chi connectivity index (χ2v) is 8.66. The van der Waals surface area contributed by atoms with Crippen LogP contribution in [0.4, 0.5) is 14.5 Å². The molecule has 0 aliphatic heterocycles. The van der Waals surface area contributed by atoms with Crippen LogP contribution in [0, 0.1) is 11.6 Å². The highest BCUT2D eigenvalue weighted by molar-refractivity contribution is 8.00. The SMILES string of the molecule is CCNC(=O)c1cc2c(-c3cc(NSCC)ccc3Oc3ccc(F)cc3F)cn(C)c(=O)c2o1. The third-order valence-electron chi connectivity index (χ3n) is 5.14. The summed E-state index contributed by atoms with van der Waals surface area (Å²) in [5, 5.41) is 3.05. The largest absolute Gasteiger partial charge is 0.454 e. The van der Waals surface area contributed by atoms with Gasteiger partial charge in [-0.25, -0.2) is 8.78 Å². The summed E-state index contributed by atoms with van der Waals surface area (Å²) < 4.78 is 43.8. The molecule has 7 nitrogen and oxygen atoms in total. The fourth-order valence-electron chi connectivity index (χ4n) is 3.53. The van der Waals surface area contributed by atoms with E-state index in [0.717, 1.165) is 23.6 Å². The molecule has 0 fully saturated rings. The Hall–Kier alpha value is -3.79. The summed E-state index contributed by atoms with van der Waals surface area (Å²) in [6, 6.07) is 9.75. The first-order valence-corrected chi connectivity index (χ1v) is 11.9. The highest BCUT2D eigenvalue weighted by Gasteiger charge is 2.21. The van der Waals surface area contributed by atoms with E-state index in [2.05, 4.69) is 10.0 Å². The molecule has 0 spiro atoms. The van der Waals surface area contributed by atoms with Crippen LogP contribution >= 0.6 is 11.9 Å². The molecule has 0 saturated carbocycles. The Morgan fingerprint density at radius 1 is 1.09 bits per heavy atom. The van der Waals surface area contributed by atoms with Gasteiger partial charge in [0.05, 0.1) is 0 Å². The van der Waals surface area contributed by atoms with Crippen LogP contribution in [0.25, 0.3) is 22.1 Å². The van der Waals surface area contributed by atoms with Crippen LogP contribution in [-0.4, -0.2) is 22.8 Å². The summed E-state index contributed by atoms with van der Waals surface area (Å²) in [6.45, 7) is 4.17. The number of hydrogen-bond donors (Lipinski definition) is 2. The minimum absolute atomic E-state index is 0.00531. The summed E-state index contributed by atoms with van der Waals surface area (Å²) in [7, 11) is 1.56. The average molecular weight is 500 g/mol. The van der Waals surface area contributed by atoms with Gasteiger partial charge in [0.15, 0.2) is 17.3 Å². The molecule has 0 atom stereocenters. The van der Waals surface area contributed by atoms with Gasteiger partial charge >= 0.3 is 0 Å². The monoisotopic (exact) mass is 499 g/mol. The fraction of sp³-hybridized carbons (Fsp3) is 0.200. The Labute approximate surface area is 204 Å². The molecule has 182 valence electrons. The van der Waals surface area contributed by atoms with Gasteiger partial charge in [0.1, 0.15) is 11.6 Å². The van der Waals surface area contributed by atoms with Gasteiger partial charge in [-0.1, -0.05) is 18.9 Å². The Bertz CT molecular complexity index is 1470. The lowest BCUT2D eigenvalue weighted by Gasteiger charge is -2.15. The maximum Gasteiger partial charge on any atom is 0.293 e. The van der Waals surface area contributed by atoms with Crippen LogP contribution < -0.4 is 20.3 Å². The standard InChI is InChI=1S/C25H23F2N3O4S/c1-4-28-24(31)22-12-17-18(13-30(3)25(32)23(17)34-22)16-11-15(29-35-5-2)7-9-20(16)33-21-8-6-14(26)10-19(21)27/h6-13,29H,4-5H2,1-3H3,(H,28,31). The van der Waals surface area contributed by atoms with Crippen molar-refractivity contribution >= 4 is 34.5 Å². The third kappa shape index (κ3) is 5.02. The topological polar surface area (TPSA) is 85.5 Å². The molecule has 2 aromatic carbocycles. The second kappa shape index (κ2) is 10.2. The first kappa shape index (κ1) is 24.3. The third-order valence-corrected chi connectivity index (χ3v) is 5.81. The predicted octanol–water partition coefficient (Wildman–Crippen LogP) is 5.70. The number of halogens is 2. The Morgan fingerprint density at radius 3 is 2.57 bits per heavy atom. The molecular weight excluding hydrogens is 476 g/mol. The number of carbonyl (C=O) groups is 1. The smallest absolute Gasteiger partial charge is 0.293 e. The lowest BCUT2D eigenvalue weighted by Crippen LogP contribution is -2.22. The van der Waals surface area contributed by atoms with Gasteiger partial charge in [-0.15, -0.1) is 0 Å². The van der Waals surface area contributed by atoms with E-state index in [0.29, 0.717) is 23.1 Å². The quantitative estimate of drug-likeness (QED) is 0.303. The number of fused-ring (bicyclic) bond motifs is 1. The number of anilines is 1. The number of nitrogens with zero attached hydrogens (tertiary/aromatic N) is 1. The highest BCUT2D eigenvalue weighted by atomic mass is 32.2. The molecule has 0 aliphatic carbocycles. The van der Waals surface area contributed by atoms with Crippen molar-refractivity contribution in [2.24, 2.45) is 7.05 Å². The van der Waals surface area contributed by atoms with Gasteiger partial charge in [-0.3, -0.25) is 9.59 Å². The van der Waals surface area contributed by atoms with Crippen molar-refractivity contribution in [3.05, 3.63) is 76.4 Å². The van der Waals surface area contributed by atoms with Crippen LogP contribution in [0.15, 0.2) is 57.9 Å². The summed E-state index contributed by atoms with van der Waals surface area (Å²) in [4.78, 5) is 25.2. The Balaban J connectivity index is 1.92. The molecule has 4 rings (SSSR count). The van der Waals surface area contributed by atoms with E-state index in [-0.39, 0.29) is 22.8 Å². The minimum Gasteiger partial charge on any atom is -0.454 e. The van der Waals surface area contributed by atoms with E-state index < -0.39 is 23.1 Å². The van der Waals surface area contributed by atoms with Crippen LogP contribution in [0.3, 0.4) is 0 Å². The number of nitrogens with one attached hydrogen (secondary N) is 2. The molecule has 2 N–H and O–H groups in total. The first-order valence-electron chi connectivity index (χ1n) is 10.9. The molecule has 0 aliphatic rings. The summed E-state index contributed by atoms with van der Waals surface area (Å²) in [5.74, 6) is -1.10. The number of pyridine rings is 1. The normalized spacial score (nSPS) is 11.0. The van der Waals surface area contributed by atoms with Crippen LogP contribution in [0.2, 0.25) is 0 Å². The van der Waals surface area contributed by atoms with E-state index in [1.54, 1.807) is 38.4 Å². The molecule has 2 aromatic heterocycles. The number of aryl methyl sites for hydroxylation is 1. The summed E-state index contributed by atoms with van der Waals surface area (Å²) >= 11 is 1.48. The molecule has 1 amide bonds. The van der Waals surface area contributed by atoms with Crippen LogP contribution in [0.1, 0.15) is 24.4 Å². The van der Waals surface area contributed by atoms with E-state index >= 15 is 0 Å².